The fourth-order valence-corrected chi connectivity index (χ4v) is 1.54. The van der Waals surface area contributed by atoms with Crippen LogP contribution in [0.15, 0.2) is 12.5 Å². The quantitative estimate of drug-likeness (QED) is 0.698. The zero-order chi connectivity index (χ0) is 15.2. The van der Waals surface area contributed by atoms with Crippen LogP contribution in [0.1, 0.15) is 24.3 Å². The number of carbonyl (C=O) groups is 2. The highest BCUT2D eigenvalue weighted by molar-refractivity contribution is 7.99. The van der Waals surface area contributed by atoms with E-state index in [-0.39, 0.29) is 16.5 Å². The summed E-state index contributed by atoms with van der Waals surface area (Å²) in [6, 6.07) is -0.231. The van der Waals surface area contributed by atoms with Crippen LogP contribution in [0.5, 0.6) is 0 Å². The lowest BCUT2D eigenvalue weighted by atomic mass is 10.2. The molecule has 3 N–H and O–H groups in total. The predicted molar refractivity (Wildman–Crippen MR) is 78.2 cm³/mol. The number of hydrogen-bond acceptors (Lipinski definition) is 4. The average molecular weight is 300 g/mol. The van der Waals surface area contributed by atoms with Crippen molar-refractivity contribution < 1.29 is 14.7 Å². The first-order chi connectivity index (χ1) is 9.34. The first-order valence-corrected chi connectivity index (χ1v) is 7.38. The van der Waals surface area contributed by atoms with Gasteiger partial charge in [0.2, 0.25) is 0 Å². The number of nitrogens with one attached hydrogen (secondary N) is 2. The number of carboxylic acid groups (broad SMARTS) is 1. The third kappa shape index (κ3) is 5.52. The summed E-state index contributed by atoms with van der Waals surface area (Å²) < 4.78 is 1.62. The Morgan fingerprint density at radius 2 is 2.15 bits per heavy atom. The minimum Gasteiger partial charge on any atom is -0.476 e. The van der Waals surface area contributed by atoms with Crippen molar-refractivity contribution >= 4 is 23.8 Å². The molecule has 0 saturated carbocycles. The van der Waals surface area contributed by atoms with Crippen LogP contribution in [0, 0.1) is 0 Å². The molecule has 20 heavy (non-hydrogen) atoms. The molecule has 0 aliphatic heterocycles. The second kappa shape index (κ2) is 7.18. The molecule has 0 saturated heterocycles. The van der Waals surface area contributed by atoms with Crippen molar-refractivity contribution in [2.75, 3.05) is 19.3 Å². The van der Waals surface area contributed by atoms with E-state index < -0.39 is 5.97 Å². The molecular weight excluding hydrogens is 280 g/mol. The molecule has 7 nitrogen and oxygen atoms in total. The Balaban J connectivity index is 2.26. The number of aromatic nitrogens is 2. The van der Waals surface area contributed by atoms with Crippen LogP contribution in [-0.4, -0.2) is 50.8 Å². The van der Waals surface area contributed by atoms with Crippen molar-refractivity contribution in [1.82, 2.24) is 20.2 Å². The number of hydrogen-bond donors (Lipinski definition) is 3. The Labute approximate surface area is 122 Å². The second-order valence-corrected chi connectivity index (χ2v) is 6.39. The van der Waals surface area contributed by atoms with Gasteiger partial charge in [-0.3, -0.25) is 0 Å². The first kappa shape index (κ1) is 16.4. The van der Waals surface area contributed by atoms with Crippen LogP contribution in [0.25, 0.3) is 0 Å². The van der Waals surface area contributed by atoms with Gasteiger partial charge in [-0.15, -0.1) is 0 Å². The van der Waals surface area contributed by atoms with Crippen molar-refractivity contribution in [2.45, 2.75) is 25.1 Å². The maximum atomic E-state index is 11.6. The lowest BCUT2D eigenvalue weighted by Gasteiger charge is -2.22. The molecule has 8 heteroatoms. The van der Waals surface area contributed by atoms with Crippen molar-refractivity contribution in [3.05, 3.63) is 18.2 Å². The van der Waals surface area contributed by atoms with E-state index in [1.165, 1.54) is 12.5 Å². The summed E-state index contributed by atoms with van der Waals surface area (Å²) >= 11 is 1.68. The van der Waals surface area contributed by atoms with Gasteiger partial charge < -0.3 is 20.3 Å². The predicted octanol–water partition coefficient (Wildman–Crippen LogP) is 1.02. The molecular formula is C12H20N4O3S. The Hall–Kier alpha value is -1.70. The number of rotatable bonds is 7. The van der Waals surface area contributed by atoms with Gasteiger partial charge in [-0.2, -0.15) is 11.8 Å². The van der Waals surface area contributed by atoms with E-state index in [4.69, 9.17) is 5.11 Å². The van der Waals surface area contributed by atoms with Gasteiger partial charge in [0.25, 0.3) is 0 Å². The Kier molecular flexibility index (Phi) is 5.87. The molecule has 2 amide bonds. The van der Waals surface area contributed by atoms with Gasteiger partial charge in [-0.1, -0.05) is 0 Å². The number of aromatic carboxylic acids is 1. The molecule has 0 spiro atoms. The summed E-state index contributed by atoms with van der Waals surface area (Å²) in [5.74, 6) is -1.06. The monoisotopic (exact) mass is 300 g/mol. The zero-order valence-corrected chi connectivity index (χ0v) is 12.7. The highest BCUT2D eigenvalue weighted by Crippen LogP contribution is 2.19. The Bertz CT molecular complexity index is 473. The van der Waals surface area contributed by atoms with Gasteiger partial charge in [0.05, 0.1) is 6.33 Å². The number of urea groups is 1. The van der Waals surface area contributed by atoms with E-state index in [0.717, 1.165) is 0 Å². The second-order valence-electron chi connectivity index (χ2n) is 4.88. The number of carbonyl (C=O) groups excluding carboxylic acids is 1. The first-order valence-electron chi connectivity index (χ1n) is 6.16. The molecule has 0 radical (unpaired) electrons. The maximum Gasteiger partial charge on any atom is 0.356 e. The smallest absolute Gasteiger partial charge is 0.356 e. The summed E-state index contributed by atoms with van der Waals surface area (Å²) in [5, 5.41) is 14.2. The summed E-state index contributed by atoms with van der Waals surface area (Å²) in [7, 11) is 0. The van der Waals surface area contributed by atoms with Crippen LogP contribution < -0.4 is 10.6 Å². The zero-order valence-electron chi connectivity index (χ0n) is 11.8. The lowest BCUT2D eigenvalue weighted by molar-refractivity contribution is 0.0691. The van der Waals surface area contributed by atoms with Gasteiger partial charge >= 0.3 is 12.0 Å². The van der Waals surface area contributed by atoms with Gasteiger partial charge in [0.1, 0.15) is 0 Å². The van der Waals surface area contributed by atoms with E-state index in [2.05, 4.69) is 29.5 Å². The van der Waals surface area contributed by atoms with Crippen LogP contribution in [0.2, 0.25) is 0 Å². The molecule has 0 unspecified atom stereocenters. The van der Waals surface area contributed by atoms with Crippen molar-refractivity contribution in [1.29, 1.82) is 0 Å². The Morgan fingerprint density at radius 1 is 1.45 bits per heavy atom. The van der Waals surface area contributed by atoms with Crippen LogP contribution in [-0.2, 0) is 6.54 Å². The molecule has 0 atom stereocenters. The molecule has 1 rings (SSSR count). The Morgan fingerprint density at radius 3 is 2.70 bits per heavy atom. The van der Waals surface area contributed by atoms with Gasteiger partial charge in [0.15, 0.2) is 5.69 Å². The normalized spacial score (nSPS) is 11.2. The number of amides is 2. The highest BCUT2D eigenvalue weighted by atomic mass is 32.2. The van der Waals surface area contributed by atoms with Crippen molar-refractivity contribution in [2.24, 2.45) is 0 Å². The molecule has 0 fully saturated rings. The van der Waals surface area contributed by atoms with E-state index >= 15 is 0 Å². The molecule has 1 heterocycles. The summed E-state index contributed by atoms with van der Waals surface area (Å²) in [4.78, 5) is 25.9. The standard InChI is InChI=1S/C12H20N4O3S/c1-12(2,20-3)7-14-11(19)13-4-5-16-6-9(10(17)18)15-8-16/h6,8H,4-5,7H2,1-3H3,(H,17,18)(H2,13,14,19). The molecule has 0 aliphatic carbocycles. The third-order valence-electron chi connectivity index (χ3n) is 2.74. The van der Waals surface area contributed by atoms with Crippen molar-refractivity contribution in [3.8, 4) is 0 Å². The SMILES string of the molecule is CSC(C)(C)CNC(=O)NCCn1cnc(C(=O)O)c1. The fraction of sp³-hybridized carbons (Fsp3) is 0.583. The lowest BCUT2D eigenvalue weighted by Crippen LogP contribution is -2.42. The van der Waals surface area contributed by atoms with E-state index in [9.17, 15) is 9.59 Å². The summed E-state index contributed by atoms with van der Waals surface area (Å²) in [6.07, 6.45) is 4.86. The molecule has 0 aromatic carbocycles. The molecule has 1 aromatic rings. The number of carboxylic acids is 1. The van der Waals surface area contributed by atoms with Crippen LogP contribution >= 0.6 is 11.8 Å². The van der Waals surface area contributed by atoms with E-state index in [1.807, 2.05) is 6.26 Å². The van der Waals surface area contributed by atoms with E-state index in [0.29, 0.717) is 19.6 Å². The minimum absolute atomic E-state index is 0.00191. The third-order valence-corrected chi connectivity index (χ3v) is 3.98. The number of imidazole rings is 1. The molecule has 0 aliphatic rings. The van der Waals surface area contributed by atoms with E-state index in [1.54, 1.807) is 16.3 Å². The van der Waals surface area contributed by atoms with Crippen LogP contribution in [0.4, 0.5) is 4.79 Å². The van der Waals surface area contributed by atoms with Gasteiger partial charge in [-0.25, -0.2) is 14.6 Å². The number of thioether (sulfide) groups is 1. The minimum atomic E-state index is -1.06. The summed E-state index contributed by atoms with van der Waals surface area (Å²) in [6.45, 7) is 5.56. The average Bonchev–Trinajstić information content (AvgIpc) is 2.85. The van der Waals surface area contributed by atoms with Gasteiger partial charge in [0, 0.05) is 30.6 Å². The molecule has 112 valence electrons. The fourth-order valence-electron chi connectivity index (χ4n) is 1.32. The maximum absolute atomic E-state index is 11.6. The van der Waals surface area contributed by atoms with Crippen molar-refractivity contribution in [3.63, 3.8) is 0 Å². The largest absolute Gasteiger partial charge is 0.476 e. The molecule has 0 bridgehead atoms. The highest BCUT2D eigenvalue weighted by Gasteiger charge is 2.16. The molecule has 1 aromatic heterocycles. The van der Waals surface area contributed by atoms with Gasteiger partial charge in [-0.05, 0) is 20.1 Å². The van der Waals surface area contributed by atoms with Crippen LogP contribution in [0.3, 0.4) is 0 Å². The summed E-state index contributed by atoms with van der Waals surface area (Å²) in [5.41, 5.74) is -0.00354. The topological polar surface area (TPSA) is 96.3 Å². The number of nitrogens with zero attached hydrogens (tertiary/aromatic N) is 2.